The summed E-state index contributed by atoms with van der Waals surface area (Å²) in [7, 11) is 1.61. The predicted octanol–water partition coefficient (Wildman–Crippen LogP) is -0.225. The molecule has 1 saturated heterocycles. The summed E-state index contributed by atoms with van der Waals surface area (Å²) in [4.78, 5) is 25.3. The Morgan fingerprint density at radius 3 is 2.61 bits per heavy atom. The van der Waals surface area contributed by atoms with E-state index in [1.165, 1.54) is 0 Å². The van der Waals surface area contributed by atoms with Crippen molar-refractivity contribution in [3.05, 3.63) is 0 Å². The first-order valence-electron chi connectivity index (χ1n) is 6.29. The lowest BCUT2D eigenvalue weighted by Crippen LogP contribution is -2.62. The minimum absolute atomic E-state index is 0.0278. The van der Waals surface area contributed by atoms with Gasteiger partial charge in [-0.1, -0.05) is 6.92 Å². The van der Waals surface area contributed by atoms with E-state index in [1.807, 2.05) is 6.92 Å². The average molecular weight is 258 g/mol. The van der Waals surface area contributed by atoms with Gasteiger partial charge in [-0.15, -0.1) is 0 Å². The number of nitrogens with zero attached hydrogens (tertiary/aromatic N) is 1. The second kappa shape index (κ2) is 7.33. The van der Waals surface area contributed by atoms with Crippen molar-refractivity contribution in [2.24, 2.45) is 0 Å². The number of ether oxygens (including phenoxy) is 2. The van der Waals surface area contributed by atoms with Gasteiger partial charge in [-0.2, -0.15) is 0 Å². The van der Waals surface area contributed by atoms with E-state index in [0.717, 1.165) is 0 Å². The Bertz CT molecular complexity index is 296. The molecule has 0 aromatic rings. The molecular formula is C12H22N2O4. The van der Waals surface area contributed by atoms with Gasteiger partial charge in [0.2, 0.25) is 11.8 Å². The van der Waals surface area contributed by atoms with Crippen LogP contribution in [0.3, 0.4) is 0 Å². The first-order chi connectivity index (χ1) is 8.61. The fourth-order valence-corrected chi connectivity index (χ4v) is 1.87. The highest BCUT2D eigenvalue weighted by molar-refractivity contribution is 5.96. The highest BCUT2D eigenvalue weighted by Crippen LogP contribution is 2.11. The first kappa shape index (κ1) is 14.9. The van der Waals surface area contributed by atoms with Crippen LogP contribution in [-0.4, -0.2) is 62.3 Å². The third-order valence-corrected chi connectivity index (χ3v) is 3.06. The predicted molar refractivity (Wildman–Crippen MR) is 66.1 cm³/mol. The minimum atomic E-state index is -0.425. The van der Waals surface area contributed by atoms with Gasteiger partial charge in [0.25, 0.3) is 0 Å². The van der Waals surface area contributed by atoms with Crippen LogP contribution in [0.25, 0.3) is 0 Å². The van der Waals surface area contributed by atoms with Crippen molar-refractivity contribution in [1.29, 1.82) is 0 Å². The van der Waals surface area contributed by atoms with Crippen LogP contribution in [-0.2, 0) is 19.1 Å². The molecule has 1 heterocycles. The van der Waals surface area contributed by atoms with Crippen LogP contribution in [0.2, 0.25) is 0 Å². The summed E-state index contributed by atoms with van der Waals surface area (Å²) < 4.78 is 10.2. The molecule has 0 aliphatic carbocycles. The maximum Gasteiger partial charge on any atom is 0.245 e. The van der Waals surface area contributed by atoms with Gasteiger partial charge >= 0.3 is 0 Å². The van der Waals surface area contributed by atoms with Gasteiger partial charge in [-0.3, -0.25) is 9.59 Å². The van der Waals surface area contributed by atoms with E-state index in [2.05, 4.69) is 5.32 Å². The van der Waals surface area contributed by atoms with Crippen molar-refractivity contribution < 1.29 is 19.1 Å². The Balaban J connectivity index is 2.44. The van der Waals surface area contributed by atoms with E-state index in [1.54, 1.807) is 18.9 Å². The lowest BCUT2D eigenvalue weighted by atomic mass is 10.1. The summed E-state index contributed by atoms with van der Waals surface area (Å²) in [6.07, 6.45) is 0.609. The lowest BCUT2D eigenvalue weighted by Gasteiger charge is -2.37. The number of methoxy groups -OCH3 is 1. The maximum absolute atomic E-state index is 12.1. The average Bonchev–Trinajstić information content (AvgIpc) is 2.37. The Morgan fingerprint density at radius 2 is 2.00 bits per heavy atom. The van der Waals surface area contributed by atoms with Gasteiger partial charge in [0.15, 0.2) is 0 Å². The molecule has 1 aliphatic rings. The van der Waals surface area contributed by atoms with Crippen molar-refractivity contribution >= 4 is 11.8 Å². The van der Waals surface area contributed by atoms with E-state index in [0.29, 0.717) is 32.8 Å². The second-order valence-corrected chi connectivity index (χ2v) is 4.28. The fraction of sp³-hybridized carbons (Fsp3) is 0.833. The molecule has 0 aromatic heterocycles. The smallest absolute Gasteiger partial charge is 0.245 e. The summed E-state index contributed by atoms with van der Waals surface area (Å²) in [6, 6.07) is -0.820. The van der Waals surface area contributed by atoms with E-state index in [-0.39, 0.29) is 11.8 Å². The van der Waals surface area contributed by atoms with Crippen molar-refractivity contribution in [2.75, 3.05) is 33.5 Å². The molecule has 0 spiro atoms. The molecule has 0 saturated carbocycles. The summed E-state index contributed by atoms with van der Waals surface area (Å²) in [5.74, 6) is -0.127. The van der Waals surface area contributed by atoms with Gasteiger partial charge in [0, 0.05) is 13.7 Å². The quantitative estimate of drug-likeness (QED) is 0.641. The third-order valence-electron chi connectivity index (χ3n) is 3.06. The number of nitrogens with one attached hydrogen (secondary N) is 1. The molecule has 2 atom stereocenters. The number of amides is 2. The summed E-state index contributed by atoms with van der Waals surface area (Å²) in [6.45, 7) is 5.50. The zero-order chi connectivity index (χ0) is 13.5. The second-order valence-electron chi connectivity index (χ2n) is 4.28. The first-order valence-corrected chi connectivity index (χ1v) is 6.29. The Hall–Kier alpha value is -1.14. The van der Waals surface area contributed by atoms with Crippen LogP contribution in [0.15, 0.2) is 0 Å². The van der Waals surface area contributed by atoms with Crippen LogP contribution in [0.1, 0.15) is 20.3 Å². The van der Waals surface area contributed by atoms with Gasteiger partial charge in [-0.05, 0) is 13.3 Å². The third kappa shape index (κ3) is 3.68. The van der Waals surface area contributed by atoms with Gasteiger partial charge in [0.05, 0.1) is 19.8 Å². The molecule has 2 unspecified atom stereocenters. The van der Waals surface area contributed by atoms with Crippen molar-refractivity contribution in [1.82, 2.24) is 10.2 Å². The van der Waals surface area contributed by atoms with Gasteiger partial charge in [-0.25, -0.2) is 0 Å². The van der Waals surface area contributed by atoms with E-state index >= 15 is 0 Å². The molecule has 18 heavy (non-hydrogen) atoms. The number of carbonyl (C=O) groups excluding carboxylic acids is 2. The molecule has 2 amide bonds. The highest BCUT2D eigenvalue weighted by atomic mass is 16.5. The largest absolute Gasteiger partial charge is 0.382 e. The summed E-state index contributed by atoms with van der Waals surface area (Å²) in [5, 5.41) is 2.72. The van der Waals surface area contributed by atoms with E-state index in [9.17, 15) is 9.59 Å². The topological polar surface area (TPSA) is 67.9 Å². The SMILES string of the molecule is CCC1NC(=O)C(C)N(CCOCCOC)C1=O. The molecule has 0 radical (unpaired) electrons. The number of carbonyl (C=O) groups is 2. The highest BCUT2D eigenvalue weighted by Gasteiger charge is 2.36. The van der Waals surface area contributed by atoms with E-state index < -0.39 is 12.1 Å². The Kier molecular flexibility index (Phi) is 6.07. The minimum Gasteiger partial charge on any atom is -0.382 e. The Labute approximate surface area is 108 Å². The van der Waals surface area contributed by atoms with Crippen LogP contribution < -0.4 is 5.32 Å². The Morgan fingerprint density at radius 1 is 1.28 bits per heavy atom. The van der Waals surface area contributed by atoms with E-state index in [4.69, 9.17) is 9.47 Å². The van der Waals surface area contributed by atoms with Gasteiger partial charge in [0.1, 0.15) is 12.1 Å². The number of rotatable bonds is 7. The molecular weight excluding hydrogens is 236 g/mol. The zero-order valence-electron chi connectivity index (χ0n) is 11.3. The van der Waals surface area contributed by atoms with Crippen LogP contribution in [0.5, 0.6) is 0 Å². The van der Waals surface area contributed by atoms with Crippen LogP contribution in [0, 0.1) is 0 Å². The lowest BCUT2D eigenvalue weighted by molar-refractivity contribution is -0.149. The normalized spacial score (nSPS) is 24.3. The molecule has 1 aliphatic heterocycles. The molecule has 104 valence electrons. The summed E-state index contributed by atoms with van der Waals surface area (Å²) >= 11 is 0. The van der Waals surface area contributed by atoms with Crippen molar-refractivity contribution in [3.63, 3.8) is 0 Å². The maximum atomic E-state index is 12.1. The standard InChI is InChI=1S/C12H22N2O4/c1-4-10-12(16)14(9(2)11(15)13-10)5-6-18-8-7-17-3/h9-10H,4-8H2,1-3H3,(H,13,15). The summed E-state index contributed by atoms with van der Waals surface area (Å²) in [5.41, 5.74) is 0. The van der Waals surface area contributed by atoms with Crippen molar-refractivity contribution in [2.45, 2.75) is 32.4 Å². The zero-order valence-corrected chi connectivity index (χ0v) is 11.3. The fourth-order valence-electron chi connectivity index (χ4n) is 1.87. The molecule has 1 N–H and O–H groups in total. The van der Waals surface area contributed by atoms with Gasteiger partial charge < -0.3 is 19.7 Å². The molecule has 1 fully saturated rings. The molecule has 0 bridgehead atoms. The number of piperazine rings is 1. The molecule has 0 aromatic carbocycles. The van der Waals surface area contributed by atoms with Crippen molar-refractivity contribution in [3.8, 4) is 0 Å². The van der Waals surface area contributed by atoms with Crippen LogP contribution in [0.4, 0.5) is 0 Å². The molecule has 6 nitrogen and oxygen atoms in total. The molecule has 6 heteroatoms. The van der Waals surface area contributed by atoms with Crippen LogP contribution >= 0.6 is 0 Å². The number of hydrogen-bond donors (Lipinski definition) is 1. The monoisotopic (exact) mass is 258 g/mol. The molecule has 1 rings (SSSR count). The number of hydrogen-bond acceptors (Lipinski definition) is 4.